The van der Waals surface area contributed by atoms with E-state index in [9.17, 15) is 4.79 Å². The van der Waals surface area contributed by atoms with Crippen LogP contribution in [0.3, 0.4) is 0 Å². The van der Waals surface area contributed by atoms with Gasteiger partial charge in [0.05, 0.1) is 18.8 Å². The molecular formula is C27H26N4O2. The molecule has 1 aliphatic rings. The van der Waals surface area contributed by atoms with E-state index in [0.717, 1.165) is 45.6 Å². The van der Waals surface area contributed by atoms with E-state index in [2.05, 4.69) is 45.5 Å². The zero-order valence-electron chi connectivity index (χ0n) is 18.6. The highest BCUT2D eigenvalue weighted by molar-refractivity contribution is 5.85. The number of rotatable bonds is 6. The maximum absolute atomic E-state index is 12.8. The van der Waals surface area contributed by atoms with Crippen molar-refractivity contribution >= 4 is 16.8 Å². The second-order valence-corrected chi connectivity index (χ2v) is 8.25. The van der Waals surface area contributed by atoms with Crippen molar-refractivity contribution < 1.29 is 9.53 Å². The molecule has 0 bridgehead atoms. The summed E-state index contributed by atoms with van der Waals surface area (Å²) in [5, 5.41) is 4.07. The largest absolute Gasteiger partial charge is 0.494 e. The van der Waals surface area contributed by atoms with Crippen LogP contribution in [0.15, 0.2) is 79.1 Å². The lowest BCUT2D eigenvalue weighted by molar-refractivity contribution is -0.129. The average molecular weight is 439 g/mol. The highest BCUT2D eigenvalue weighted by Crippen LogP contribution is 2.25. The van der Waals surface area contributed by atoms with E-state index >= 15 is 0 Å². The van der Waals surface area contributed by atoms with Crippen LogP contribution in [-0.4, -0.2) is 47.0 Å². The van der Waals surface area contributed by atoms with Gasteiger partial charge in [0.15, 0.2) is 0 Å². The van der Waals surface area contributed by atoms with Crippen molar-refractivity contribution in [2.75, 3.05) is 20.2 Å². The molecule has 166 valence electrons. The molecule has 2 aromatic heterocycles. The van der Waals surface area contributed by atoms with Gasteiger partial charge >= 0.3 is 0 Å². The number of amides is 1. The van der Waals surface area contributed by atoms with Crippen LogP contribution in [0.4, 0.5) is 0 Å². The Morgan fingerprint density at radius 2 is 1.91 bits per heavy atom. The van der Waals surface area contributed by atoms with Gasteiger partial charge < -0.3 is 10.1 Å². The van der Waals surface area contributed by atoms with Gasteiger partial charge in [-0.1, -0.05) is 48.5 Å². The second kappa shape index (κ2) is 9.38. The number of piperazine rings is 1. The molecule has 1 aliphatic heterocycles. The van der Waals surface area contributed by atoms with Crippen molar-refractivity contribution in [1.82, 2.24) is 20.2 Å². The van der Waals surface area contributed by atoms with Crippen LogP contribution in [-0.2, 0) is 17.8 Å². The van der Waals surface area contributed by atoms with E-state index < -0.39 is 0 Å². The first-order valence-electron chi connectivity index (χ1n) is 11.1. The topological polar surface area (TPSA) is 67.3 Å². The highest BCUT2D eigenvalue weighted by atomic mass is 16.5. The van der Waals surface area contributed by atoms with Gasteiger partial charge in [-0.05, 0) is 41.3 Å². The summed E-state index contributed by atoms with van der Waals surface area (Å²) >= 11 is 0. The summed E-state index contributed by atoms with van der Waals surface area (Å²) in [7, 11) is 1.66. The minimum absolute atomic E-state index is 0.0657. The lowest BCUT2D eigenvalue weighted by Crippen LogP contribution is -2.55. The number of nitrogens with one attached hydrogen (secondary N) is 1. The van der Waals surface area contributed by atoms with Gasteiger partial charge in [0.1, 0.15) is 11.3 Å². The van der Waals surface area contributed by atoms with Gasteiger partial charge in [-0.2, -0.15) is 0 Å². The number of carbonyl (C=O) groups excluding carboxylic acids is 1. The van der Waals surface area contributed by atoms with E-state index in [1.165, 1.54) is 0 Å². The molecule has 0 unspecified atom stereocenters. The monoisotopic (exact) mass is 438 g/mol. The first kappa shape index (κ1) is 21.1. The minimum Gasteiger partial charge on any atom is -0.494 e. The molecule has 1 N–H and O–H groups in total. The van der Waals surface area contributed by atoms with E-state index in [1.807, 2.05) is 42.6 Å². The van der Waals surface area contributed by atoms with E-state index in [1.54, 1.807) is 13.3 Å². The maximum atomic E-state index is 12.8. The summed E-state index contributed by atoms with van der Waals surface area (Å²) in [4.78, 5) is 24.1. The standard InChI is InChI=1S/C27H26N4O2/c1-33-25-6-2-4-21-11-12-23(30-26(21)25)18-31-15-14-29-27(32)24(31)16-19-7-9-20(10-8-19)22-5-3-13-28-17-22/h2-13,17,24H,14-16,18H2,1H3,(H,29,32)/t24-/m1/s1. The molecule has 2 aromatic carbocycles. The van der Waals surface area contributed by atoms with Crippen LogP contribution in [0.5, 0.6) is 5.75 Å². The number of hydrogen-bond acceptors (Lipinski definition) is 5. The molecule has 1 fully saturated rings. The molecule has 0 aliphatic carbocycles. The molecule has 6 heteroatoms. The van der Waals surface area contributed by atoms with Crippen LogP contribution in [0, 0.1) is 0 Å². The molecule has 4 aromatic rings. The Bertz CT molecular complexity index is 1260. The van der Waals surface area contributed by atoms with Crippen molar-refractivity contribution in [1.29, 1.82) is 0 Å². The Labute approximate surface area is 193 Å². The Morgan fingerprint density at radius 1 is 1.03 bits per heavy atom. The zero-order valence-corrected chi connectivity index (χ0v) is 18.6. The first-order chi connectivity index (χ1) is 16.2. The van der Waals surface area contributed by atoms with Crippen LogP contribution < -0.4 is 10.1 Å². The number of nitrogens with zero attached hydrogens (tertiary/aromatic N) is 3. The number of fused-ring (bicyclic) bond motifs is 1. The summed E-state index contributed by atoms with van der Waals surface area (Å²) in [5.41, 5.74) is 5.10. The SMILES string of the molecule is COc1cccc2ccc(CN3CCNC(=O)[C@H]3Cc3ccc(-c4cccnc4)cc3)nc12. The lowest BCUT2D eigenvalue weighted by Gasteiger charge is -2.35. The summed E-state index contributed by atoms with van der Waals surface area (Å²) < 4.78 is 5.49. The third-order valence-electron chi connectivity index (χ3n) is 6.15. The normalized spacial score (nSPS) is 16.5. The predicted octanol–water partition coefficient (Wildman–Crippen LogP) is 3.85. The third kappa shape index (κ3) is 4.56. The summed E-state index contributed by atoms with van der Waals surface area (Å²) in [6.07, 6.45) is 4.28. The molecule has 6 nitrogen and oxygen atoms in total. The zero-order chi connectivity index (χ0) is 22.6. The fraction of sp³-hybridized carbons (Fsp3) is 0.222. The third-order valence-corrected chi connectivity index (χ3v) is 6.15. The lowest BCUT2D eigenvalue weighted by atomic mass is 9.99. The smallest absolute Gasteiger partial charge is 0.237 e. The molecule has 1 amide bonds. The van der Waals surface area contributed by atoms with Crippen molar-refractivity contribution in [3.05, 3.63) is 90.4 Å². The van der Waals surface area contributed by atoms with Crippen LogP contribution >= 0.6 is 0 Å². The van der Waals surface area contributed by atoms with Crippen LogP contribution in [0.25, 0.3) is 22.0 Å². The number of carbonyl (C=O) groups is 1. The Balaban J connectivity index is 1.35. The predicted molar refractivity (Wildman–Crippen MR) is 129 cm³/mol. The van der Waals surface area contributed by atoms with Gasteiger partial charge in [-0.3, -0.25) is 14.7 Å². The molecule has 0 saturated carbocycles. The fourth-order valence-electron chi connectivity index (χ4n) is 4.38. The maximum Gasteiger partial charge on any atom is 0.237 e. The number of pyridine rings is 2. The van der Waals surface area contributed by atoms with Crippen molar-refractivity contribution in [3.8, 4) is 16.9 Å². The minimum atomic E-state index is -0.238. The van der Waals surface area contributed by atoms with Gasteiger partial charge in [0, 0.05) is 37.4 Å². The summed E-state index contributed by atoms with van der Waals surface area (Å²) in [6, 6.07) is 22.1. The average Bonchev–Trinajstić information content (AvgIpc) is 2.86. The summed E-state index contributed by atoms with van der Waals surface area (Å²) in [6.45, 7) is 2.04. The van der Waals surface area contributed by atoms with E-state index in [4.69, 9.17) is 9.72 Å². The van der Waals surface area contributed by atoms with Crippen molar-refractivity contribution in [2.45, 2.75) is 19.0 Å². The molecule has 1 atom stereocenters. The number of hydrogen-bond donors (Lipinski definition) is 1. The molecule has 3 heterocycles. The first-order valence-corrected chi connectivity index (χ1v) is 11.1. The second-order valence-electron chi connectivity index (χ2n) is 8.25. The molecule has 0 radical (unpaired) electrons. The molecular weight excluding hydrogens is 412 g/mol. The van der Waals surface area contributed by atoms with Crippen LogP contribution in [0.2, 0.25) is 0 Å². The number of benzene rings is 2. The van der Waals surface area contributed by atoms with Gasteiger partial charge in [0.25, 0.3) is 0 Å². The summed E-state index contributed by atoms with van der Waals surface area (Å²) in [5.74, 6) is 0.826. The Morgan fingerprint density at radius 3 is 2.70 bits per heavy atom. The van der Waals surface area contributed by atoms with Crippen LogP contribution in [0.1, 0.15) is 11.3 Å². The number of aromatic nitrogens is 2. The molecule has 33 heavy (non-hydrogen) atoms. The molecule has 0 spiro atoms. The van der Waals surface area contributed by atoms with Crippen molar-refractivity contribution in [2.24, 2.45) is 0 Å². The van der Waals surface area contributed by atoms with Gasteiger partial charge in [-0.25, -0.2) is 4.98 Å². The number of para-hydroxylation sites is 1. The molecule has 5 rings (SSSR count). The van der Waals surface area contributed by atoms with Gasteiger partial charge in [0.2, 0.25) is 5.91 Å². The van der Waals surface area contributed by atoms with Crippen molar-refractivity contribution in [3.63, 3.8) is 0 Å². The number of methoxy groups -OCH3 is 1. The number of ether oxygens (including phenoxy) is 1. The van der Waals surface area contributed by atoms with E-state index in [-0.39, 0.29) is 11.9 Å². The molecule has 1 saturated heterocycles. The quantitative estimate of drug-likeness (QED) is 0.495. The highest BCUT2D eigenvalue weighted by Gasteiger charge is 2.30. The van der Waals surface area contributed by atoms with Gasteiger partial charge in [-0.15, -0.1) is 0 Å². The Kier molecular flexibility index (Phi) is 6.00. The fourth-order valence-corrected chi connectivity index (χ4v) is 4.38. The van der Waals surface area contributed by atoms with E-state index in [0.29, 0.717) is 19.5 Å². The Hall–Kier alpha value is -3.77.